The molecule has 212 valence electrons. The number of ether oxygens (including phenoxy) is 1. The minimum Gasteiger partial charge on any atom is -0.483 e. The van der Waals surface area contributed by atoms with E-state index < -0.39 is 11.7 Å². The quantitative estimate of drug-likeness (QED) is 0.233. The summed E-state index contributed by atoms with van der Waals surface area (Å²) in [5, 5.41) is 7.63. The van der Waals surface area contributed by atoms with Gasteiger partial charge in [-0.1, -0.05) is 47.3 Å². The smallest absolute Gasteiger partial charge is 0.282 e. The lowest BCUT2D eigenvalue weighted by atomic mass is 9.88. The van der Waals surface area contributed by atoms with Crippen LogP contribution in [-0.4, -0.2) is 42.5 Å². The first-order valence-corrected chi connectivity index (χ1v) is 14.3. The molecule has 4 aromatic rings. The van der Waals surface area contributed by atoms with Gasteiger partial charge in [-0.25, -0.2) is 9.37 Å². The summed E-state index contributed by atoms with van der Waals surface area (Å²) in [4.78, 5) is 33.0. The van der Waals surface area contributed by atoms with Crippen molar-refractivity contribution >= 4 is 50.3 Å². The maximum atomic E-state index is 14.0. The Morgan fingerprint density at radius 2 is 1.93 bits per heavy atom. The van der Waals surface area contributed by atoms with Crippen LogP contribution in [0.1, 0.15) is 49.4 Å². The molecule has 3 aromatic carbocycles. The Labute approximate surface area is 246 Å². The summed E-state index contributed by atoms with van der Waals surface area (Å²) in [5.41, 5.74) is 1.90. The SMILES string of the molecule is CN(C)c1ccc(C=Nn2c(C3CCCCC3)nc3ccc(Br)cc3c2=O)c(OCC(=O)Nc2ccccc2F)c1. The Morgan fingerprint density at radius 1 is 1.15 bits per heavy atom. The largest absolute Gasteiger partial charge is 0.483 e. The lowest BCUT2D eigenvalue weighted by molar-refractivity contribution is -0.118. The first-order valence-electron chi connectivity index (χ1n) is 13.6. The predicted molar refractivity (Wildman–Crippen MR) is 164 cm³/mol. The van der Waals surface area contributed by atoms with Crippen LogP contribution >= 0.6 is 15.9 Å². The molecule has 41 heavy (non-hydrogen) atoms. The van der Waals surface area contributed by atoms with Gasteiger partial charge in [-0.3, -0.25) is 9.59 Å². The number of halogens is 2. The summed E-state index contributed by atoms with van der Waals surface area (Å²) in [7, 11) is 3.79. The Balaban J connectivity index is 1.48. The van der Waals surface area contributed by atoms with E-state index in [1.165, 1.54) is 23.2 Å². The zero-order valence-electron chi connectivity index (χ0n) is 22.9. The van der Waals surface area contributed by atoms with E-state index in [4.69, 9.17) is 9.72 Å². The van der Waals surface area contributed by atoms with Gasteiger partial charge in [0, 0.05) is 41.8 Å². The molecular weight excluding hydrogens is 589 g/mol. The van der Waals surface area contributed by atoms with Gasteiger partial charge in [0.1, 0.15) is 17.4 Å². The number of hydrogen-bond donors (Lipinski definition) is 1. The van der Waals surface area contributed by atoms with Crippen molar-refractivity contribution in [3.8, 4) is 5.75 Å². The van der Waals surface area contributed by atoms with E-state index in [2.05, 4.69) is 26.3 Å². The van der Waals surface area contributed by atoms with Crippen molar-refractivity contribution in [1.82, 2.24) is 9.66 Å². The van der Waals surface area contributed by atoms with E-state index >= 15 is 0 Å². The minimum atomic E-state index is -0.529. The molecule has 1 N–H and O–H groups in total. The fraction of sp³-hybridized carbons (Fsp3) is 0.290. The number of para-hydroxylation sites is 1. The summed E-state index contributed by atoms with van der Waals surface area (Å²) in [5.74, 6) is 0.146. The van der Waals surface area contributed by atoms with Crippen LogP contribution in [0.4, 0.5) is 15.8 Å². The molecular formula is C31H31BrFN5O3. The minimum absolute atomic E-state index is 0.0787. The first-order chi connectivity index (χ1) is 19.8. The highest BCUT2D eigenvalue weighted by Gasteiger charge is 2.22. The molecule has 0 atom stereocenters. The van der Waals surface area contributed by atoms with E-state index in [-0.39, 0.29) is 23.8 Å². The second kappa shape index (κ2) is 12.6. The van der Waals surface area contributed by atoms with Crippen LogP contribution in [0, 0.1) is 5.82 Å². The molecule has 0 bridgehead atoms. The molecule has 1 aromatic heterocycles. The summed E-state index contributed by atoms with van der Waals surface area (Å²) >= 11 is 3.46. The summed E-state index contributed by atoms with van der Waals surface area (Å²) in [6, 6.07) is 16.9. The van der Waals surface area contributed by atoms with Gasteiger partial charge in [0.15, 0.2) is 6.61 Å². The van der Waals surface area contributed by atoms with E-state index in [9.17, 15) is 14.0 Å². The third-order valence-electron chi connectivity index (χ3n) is 7.14. The molecule has 1 heterocycles. The lowest BCUT2D eigenvalue weighted by Crippen LogP contribution is -2.25. The maximum Gasteiger partial charge on any atom is 0.282 e. The average molecular weight is 621 g/mol. The van der Waals surface area contributed by atoms with E-state index in [0.717, 1.165) is 35.8 Å². The van der Waals surface area contributed by atoms with Crippen molar-refractivity contribution < 1.29 is 13.9 Å². The molecule has 0 spiro atoms. The van der Waals surface area contributed by atoms with Crippen molar-refractivity contribution in [3.63, 3.8) is 0 Å². The molecule has 8 nitrogen and oxygen atoms in total. The first kappa shape index (κ1) is 28.5. The summed E-state index contributed by atoms with van der Waals surface area (Å²) in [6.07, 6.45) is 6.81. The van der Waals surface area contributed by atoms with Gasteiger partial charge in [0.05, 0.1) is 22.8 Å². The van der Waals surface area contributed by atoms with Gasteiger partial charge in [-0.2, -0.15) is 9.78 Å². The molecule has 10 heteroatoms. The third kappa shape index (κ3) is 6.65. The van der Waals surface area contributed by atoms with Gasteiger partial charge < -0.3 is 15.0 Å². The number of fused-ring (bicyclic) bond motifs is 1. The van der Waals surface area contributed by atoms with Gasteiger partial charge in [-0.15, -0.1) is 0 Å². The van der Waals surface area contributed by atoms with E-state index in [1.807, 2.05) is 43.3 Å². The van der Waals surface area contributed by atoms with Gasteiger partial charge in [-0.05, 0) is 55.3 Å². The third-order valence-corrected chi connectivity index (χ3v) is 7.63. The monoisotopic (exact) mass is 619 g/mol. The number of anilines is 2. The molecule has 0 saturated heterocycles. The standard InChI is InChI=1S/C31H31BrFN5O3/c1-37(2)23-14-12-21(28(17-23)41-19-29(39)35-27-11-7-6-10-25(27)33)18-34-38-30(20-8-4-3-5-9-20)36-26-15-13-22(32)16-24(26)31(38)40/h6-7,10-18,20H,3-5,8-9,19H2,1-2H3,(H,35,39). The average Bonchev–Trinajstić information content (AvgIpc) is 2.97. The van der Waals surface area contributed by atoms with Gasteiger partial charge in [0.25, 0.3) is 11.5 Å². The number of rotatable bonds is 8. The number of carbonyl (C=O) groups is 1. The van der Waals surface area contributed by atoms with E-state index in [0.29, 0.717) is 28.0 Å². The molecule has 5 rings (SSSR count). The molecule has 0 unspecified atom stereocenters. The second-order valence-electron chi connectivity index (χ2n) is 10.3. The number of hydrogen-bond acceptors (Lipinski definition) is 6. The van der Waals surface area contributed by atoms with Crippen LogP contribution in [0.15, 0.2) is 75.0 Å². The topological polar surface area (TPSA) is 88.8 Å². The highest BCUT2D eigenvalue weighted by molar-refractivity contribution is 9.10. The number of nitrogens with zero attached hydrogens (tertiary/aromatic N) is 4. The molecule has 1 aliphatic carbocycles. The van der Waals surface area contributed by atoms with Crippen LogP contribution in [0.5, 0.6) is 5.75 Å². The maximum absolute atomic E-state index is 14.0. The Hall–Kier alpha value is -4.05. The predicted octanol–water partition coefficient (Wildman–Crippen LogP) is 6.31. The summed E-state index contributed by atoms with van der Waals surface area (Å²) in [6.45, 7) is -0.342. The fourth-order valence-corrected chi connectivity index (χ4v) is 5.31. The van der Waals surface area contributed by atoms with Crippen molar-refractivity contribution in [2.45, 2.75) is 38.0 Å². The molecule has 0 aliphatic heterocycles. The van der Waals surface area contributed by atoms with Crippen LogP contribution in [-0.2, 0) is 4.79 Å². The lowest BCUT2D eigenvalue weighted by Gasteiger charge is -2.23. The van der Waals surface area contributed by atoms with Crippen LogP contribution in [0.25, 0.3) is 10.9 Å². The molecule has 1 fully saturated rings. The Bertz CT molecular complexity index is 1660. The molecule has 1 aliphatic rings. The highest BCUT2D eigenvalue weighted by atomic mass is 79.9. The summed E-state index contributed by atoms with van der Waals surface area (Å²) < 4.78 is 22.1. The molecule has 0 radical (unpaired) electrons. The van der Waals surface area contributed by atoms with Crippen LogP contribution < -0.4 is 20.5 Å². The highest BCUT2D eigenvalue weighted by Crippen LogP contribution is 2.32. The zero-order chi connectivity index (χ0) is 28.9. The zero-order valence-corrected chi connectivity index (χ0v) is 24.5. The van der Waals surface area contributed by atoms with Crippen molar-refractivity contribution in [2.24, 2.45) is 5.10 Å². The number of nitrogens with one attached hydrogen (secondary N) is 1. The molecule has 1 amide bonds. The number of amides is 1. The Kier molecular flexibility index (Phi) is 8.78. The van der Waals surface area contributed by atoms with Crippen molar-refractivity contribution in [3.05, 3.63) is 92.7 Å². The van der Waals surface area contributed by atoms with E-state index in [1.54, 1.807) is 30.5 Å². The Morgan fingerprint density at radius 3 is 2.68 bits per heavy atom. The number of aromatic nitrogens is 2. The van der Waals surface area contributed by atoms with Crippen molar-refractivity contribution in [2.75, 3.05) is 30.9 Å². The van der Waals surface area contributed by atoms with Gasteiger partial charge in [0.2, 0.25) is 0 Å². The van der Waals surface area contributed by atoms with Crippen LogP contribution in [0.2, 0.25) is 0 Å². The number of carbonyl (C=O) groups excluding carboxylic acids is 1. The fourth-order valence-electron chi connectivity index (χ4n) is 4.95. The van der Waals surface area contributed by atoms with Gasteiger partial charge >= 0.3 is 0 Å². The molecule has 1 saturated carbocycles. The number of benzene rings is 3. The second-order valence-corrected chi connectivity index (χ2v) is 11.2. The van der Waals surface area contributed by atoms with Crippen molar-refractivity contribution in [1.29, 1.82) is 0 Å². The normalized spacial score (nSPS) is 14.0. The van der Waals surface area contributed by atoms with Crippen LogP contribution in [0.3, 0.4) is 0 Å².